The molecule has 1 unspecified atom stereocenters. The molecule has 15 heavy (non-hydrogen) atoms. The van der Waals surface area contributed by atoms with E-state index < -0.39 is 0 Å². The van der Waals surface area contributed by atoms with Crippen LogP contribution in [0.5, 0.6) is 0 Å². The average Bonchev–Trinajstić information content (AvgIpc) is 2.12. The van der Waals surface area contributed by atoms with E-state index in [4.69, 9.17) is 0 Å². The van der Waals surface area contributed by atoms with Crippen molar-refractivity contribution in [2.45, 2.75) is 39.2 Å². The number of hydrogen-bond donors (Lipinski definition) is 2. The molecule has 2 N–H and O–H groups in total. The molecule has 0 aromatic heterocycles. The average molecular weight is 213 g/mol. The lowest BCUT2D eigenvalue weighted by Gasteiger charge is -2.23. The van der Waals surface area contributed by atoms with Gasteiger partial charge in [0.15, 0.2) is 0 Å². The first kappa shape index (κ1) is 12.2. The van der Waals surface area contributed by atoms with Crippen LogP contribution >= 0.6 is 0 Å². The number of Topliss-reactive ketones (excluding diaryl/α,β-unsaturated/α-hetero) is 1. The second-order valence-electron chi connectivity index (χ2n) is 4.53. The lowest BCUT2D eigenvalue weighted by atomic mass is 9.83. The van der Waals surface area contributed by atoms with Crippen LogP contribution in [0.4, 0.5) is 0 Å². The number of carbonyl (C=O) groups is 2. The van der Waals surface area contributed by atoms with Crippen LogP contribution < -0.4 is 5.32 Å². The second-order valence-corrected chi connectivity index (χ2v) is 4.53. The van der Waals surface area contributed by atoms with Gasteiger partial charge in [0.25, 0.3) is 0 Å². The largest absolute Gasteiger partial charge is 0.393 e. The first-order valence-corrected chi connectivity index (χ1v) is 5.48. The Hall–Kier alpha value is -0.900. The molecule has 1 amide bonds. The topological polar surface area (TPSA) is 66.4 Å². The van der Waals surface area contributed by atoms with Crippen LogP contribution in [0.1, 0.15) is 33.1 Å². The maximum Gasteiger partial charge on any atom is 0.224 e. The molecule has 1 saturated carbocycles. The van der Waals surface area contributed by atoms with Gasteiger partial charge in [-0.3, -0.25) is 9.59 Å². The first-order valence-electron chi connectivity index (χ1n) is 5.48. The minimum atomic E-state index is -0.367. The maximum absolute atomic E-state index is 11.4. The summed E-state index contributed by atoms with van der Waals surface area (Å²) in [5, 5.41) is 12.2. The van der Waals surface area contributed by atoms with Crippen LogP contribution in [0.15, 0.2) is 0 Å². The smallest absolute Gasteiger partial charge is 0.224 e. The molecule has 1 atom stereocenters. The number of amides is 1. The molecule has 1 aliphatic rings. The van der Waals surface area contributed by atoms with E-state index in [2.05, 4.69) is 5.32 Å². The summed E-state index contributed by atoms with van der Waals surface area (Å²) in [7, 11) is 0. The molecule has 86 valence electrons. The van der Waals surface area contributed by atoms with Gasteiger partial charge in [0.1, 0.15) is 5.78 Å². The van der Waals surface area contributed by atoms with E-state index in [1.807, 2.05) is 13.8 Å². The minimum Gasteiger partial charge on any atom is -0.393 e. The molecule has 1 fully saturated rings. The molecule has 0 bridgehead atoms. The normalized spacial score (nSPS) is 18.8. The molecule has 0 aliphatic heterocycles. The zero-order chi connectivity index (χ0) is 11.4. The van der Waals surface area contributed by atoms with Gasteiger partial charge in [0.05, 0.1) is 12.0 Å². The Morgan fingerprint density at radius 2 is 2.13 bits per heavy atom. The van der Waals surface area contributed by atoms with Crippen LogP contribution in [0.2, 0.25) is 0 Å². The first-order chi connectivity index (χ1) is 7.00. The molecule has 0 radical (unpaired) electrons. The predicted molar refractivity (Wildman–Crippen MR) is 56.2 cm³/mol. The highest BCUT2D eigenvalue weighted by Crippen LogP contribution is 2.22. The molecule has 0 saturated heterocycles. The van der Waals surface area contributed by atoms with Crippen molar-refractivity contribution in [3.05, 3.63) is 0 Å². The summed E-state index contributed by atoms with van der Waals surface area (Å²) < 4.78 is 0. The zero-order valence-electron chi connectivity index (χ0n) is 9.32. The lowest BCUT2D eigenvalue weighted by molar-refractivity contribution is -0.138. The van der Waals surface area contributed by atoms with Gasteiger partial charge in [0, 0.05) is 19.4 Å². The molecule has 0 aromatic carbocycles. The van der Waals surface area contributed by atoms with Crippen molar-refractivity contribution in [1.29, 1.82) is 0 Å². The van der Waals surface area contributed by atoms with Crippen LogP contribution in [-0.2, 0) is 9.59 Å². The van der Waals surface area contributed by atoms with Gasteiger partial charge in [-0.05, 0) is 12.3 Å². The van der Waals surface area contributed by atoms with E-state index in [0.29, 0.717) is 25.8 Å². The fraction of sp³-hybridized carbons (Fsp3) is 0.818. The Balaban J connectivity index is 2.10. The molecule has 0 spiro atoms. The second kappa shape index (κ2) is 5.26. The highest BCUT2D eigenvalue weighted by atomic mass is 16.3. The molecular weight excluding hydrogens is 194 g/mol. The maximum atomic E-state index is 11.4. The molecular formula is C11H19NO3. The highest BCUT2D eigenvalue weighted by molar-refractivity contribution is 5.96. The number of carbonyl (C=O) groups excluding carboxylic acids is 2. The van der Waals surface area contributed by atoms with E-state index in [-0.39, 0.29) is 29.6 Å². The standard InChI is InChI=1S/C11H19NO3/c1-7(2)10(14)3-4-12-11(15)8-5-9(13)6-8/h7-8,10,14H,3-6H2,1-2H3,(H,12,15). The third kappa shape index (κ3) is 3.63. The van der Waals surface area contributed by atoms with Crippen molar-refractivity contribution in [2.75, 3.05) is 6.54 Å². The van der Waals surface area contributed by atoms with Gasteiger partial charge in [0.2, 0.25) is 5.91 Å². The Kier molecular flexibility index (Phi) is 4.27. The van der Waals surface area contributed by atoms with Crippen molar-refractivity contribution in [3.8, 4) is 0 Å². The molecule has 4 nitrogen and oxygen atoms in total. The summed E-state index contributed by atoms with van der Waals surface area (Å²) in [5.41, 5.74) is 0. The van der Waals surface area contributed by atoms with Gasteiger partial charge >= 0.3 is 0 Å². The van der Waals surface area contributed by atoms with E-state index in [1.54, 1.807) is 0 Å². The quantitative estimate of drug-likeness (QED) is 0.698. The van der Waals surface area contributed by atoms with Crippen molar-refractivity contribution in [1.82, 2.24) is 5.32 Å². The van der Waals surface area contributed by atoms with Gasteiger partial charge < -0.3 is 10.4 Å². The summed E-state index contributed by atoms with van der Waals surface area (Å²) in [6.07, 6.45) is 0.981. The summed E-state index contributed by atoms with van der Waals surface area (Å²) >= 11 is 0. The monoisotopic (exact) mass is 213 g/mol. The number of aliphatic hydroxyl groups excluding tert-OH is 1. The molecule has 1 aliphatic carbocycles. The van der Waals surface area contributed by atoms with Crippen molar-refractivity contribution >= 4 is 11.7 Å². The van der Waals surface area contributed by atoms with E-state index in [9.17, 15) is 14.7 Å². The van der Waals surface area contributed by atoms with Crippen LogP contribution in [0, 0.1) is 11.8 Å². The summed E-state index contributed by atoms with van der Waals surface area (Å²) in [6.45, 7) is 4.37. The van der Waals surface area contributed by atoms with Crippen molar-refractivity contribution in [3.63, 3.8) is 0 Å². The van der Waals surface area contributed by atoms with Crippen LogP contribution in [-0.4, -0.2) is 29.4 Å². The lowest BCUT2D eigenvalue weighted by Crippen LogP contribution is -2.40. The van der Waals surface area contributed by atoms with Crippen molar-refractivity contribution < 1.29 is 14.7 Å². The zero-order valence-corrected chi connectivity index (χ0v) is 9.32. The van der Waals surface area contributed by atoms with E-state index >= 15 is 0 Å². The SMILES string of the molecule is CC(C)C(O)CCNC(=O)C1CC(=O)C1. The van der Waals surface area contributed by atoms with E-state index in [1.165, 1.54) is 0 Å². The minimum absolute atomic E-state index is 0.0504. The van der Waals surface area contributed by atoms with Gasteiger partial charge in [-0.1, -0.05) is 13.8 Å². The van der Waals surface area contributed by atoms with Gasteiger partial charge in [-0.15, -0.1) is 0 Å². The van der Waals surface area contributed by atoms with Gasteiger partial charge in [-0.2, -0.15) is 0 Å². The third-order valence-electron chi connectivity index (χ3n) is 2.83. The Morgan fingerprint density at radius 3 is 2.60 bits per heavy atom. The number of hydrogen-bond acceptors (Lipinski definition) is 3. The molecule has 0 aromatic rings. The van der Waals surface area contributed by atoms with Gasteiger partial charge in [-0.25, -0.2) is 0 Å². The predicted octanol–water partition coefficient (Wildman–Crippen LogP) is 0.489. The Morgan fingerprint density at radius 1 is 1.53 bits per heavy atom. The Labute approximate surface area is 90.0 Å². The summed E-state index contributed by atoms with van der Waals surface area (Å²) in [6, 6.07) is 0. The number of aliphatic hydroxyl groups is 1. The highest BCUT2D eigenvalue weighted by Gasteiger charge is 2.32. The van der Waals surface area contributed by atoms with E-state index in [0.717, 1.165) is 0 Å². The molecule has 4 heteroatoms. The van der Waals surface area contributed by atoms with Crippen LogP contribution in [0.3, 0.4) is 0 Å². The third-order valence-corrected chi connectivity index (χ3v) is 2.83. The fourth-order valence-corrected chi connectivity index (χ4v) is 1.50. The summed E-state index contributed by atoms with van der Waals surface area (Å²) in [5.74, 6) is 0.212. The Bertz CT molecular complexity index is 242. The fourth-order valence-electron chi connectivity index (χ4n) is 1.50. The number of ketones is 1. The number of rotatable bonds is 5. The van der Waals surface area contributed by atoms with Crippen LogP contribution in [0.25, 0.3) is 0 Å². The number of nitrogens with one attached hydrogen (secondary N) is 1. The molecule has 1 rings (SSSR count). The van der Waals surface area contributed by atoms with Crippen molar-refractivity contribution in [2.24, 2.45) is 11.8 Å². The molecule has 0 heterocycles. The summed E-state index contributed by atoms with van der Waals surface area (Å²) in [4.78, 5) is 22.0.